The number of aryl methyl sites for hydroxylation is 1. The summed E-state index contributed by atoms with van der Waals surface area (Å²) < 4.78 is 28.7. The number of benzene rings is 1. The Bertz CT molecular complexity index is 583. The Morgan fingerprint density at radius 2 is 2.05 bits per heavy atom. The molecule has 1 aromatic carbocycles. The molecule has 5 heteroatoms. The van der Waals surface area contributed by atoms with Gasteiger partial charge in [0.25, 0.3) is 0 Å². The highest BCUT2D eigenvalue weighted by atomic mass is 79.9. The van der Waals surface area contributed by atoms with Gasteiger partial charge in [-0.25, -0.2) is 8.78 Å². The molecule has 1 nitrogen and oxygen atoms in total. The predicted octanol–water partition coefficient (Wildman–Crippen LogP) is 4.80. The first-order valence-electron chi connectivity index (χ1n) is 5.96. The Morgan fingerprint density at radius 3 is 2.63 bits per heavy atom. The molecule has 1 aromatic heterocycles. The van der Waals surface area contributed by atoms with E-state index in [-0.39, 0.29) is 17.7 Å². The maximum atomic E-state index is 14.1. The summed E-state index contributed by atoms with van der Waals surface area (Å²) >= 11 is 4.96. The van der Waals surface area contributed by atoms with Crippen LogP contribution in [0.25, 0.3) is 0 Å². The largest absolute Gasteiger partial charge is 0.306 e. The van der Waals surface area contributed by atoms with E-state index >= 15 is 0 Å². The summed E-state index contributed by atoms with van der Waals surface area (Å²) in [4.78, 5) is 0.948. The van der Waals surface area contributed by atoms with E-state index in [9.17, 15) is 8.78 Å². The van der Waals surface area contributed by atoms with E-state index in [1.807, 2.05) is 18.4 Å². The maximum Gasteiger partial charge on any atom is 0.128 e. The first-order valence-corrected chi connectivity index (χ1v) is 7.63. The Hall–Kier alpha value is -0.780. The average molecular weight is 346 g/mol. The highest BCUT2D eigenvalue weighted by Crippen LogP contribution is 2.34. The lowest BCUT2D eigenvalue weighted by Crippen LogP contribution is -2.22. The molecule has 19 heavy (non-hydrogen) atoms. The molecule has 102 valence electrons. The fourth-order valence-electron chi connectivity index (χ4n) is 1.94. The second kappa shape index (κ2) is 6.11. The number of hydrogen-bond acceptors (Lipinski definition) is 2. The third kappa shape index (κ3) is 3.04. The van der Waals surface area contributed by atoms with Crippen molar-refractivity contribution in [2.45, 2.75) is 19.9 Å². The van der Waals surface area contributed by atoms with Crippen LogP contribution in [0.1, 0.15) is 29.0 Å². The number of halogens is 3. The van der Waals surface area contributed by atoms with Crippen molar-refractivity contribution in [3.63, 3.8) is 0 Å². The Labute approximate surface area is 123 Å². The lowest BCUT2D eigenvalue weighted by atomic mass is 10.0. The van der Waals surface area contributed by atoms with E-state index in [0.717, 1.165) is 9.35 Å². The zero-order valence-corrected chi connectivity index (χ0v) is 13.0. The van der Waals surface area contributed by atoms with Crippen LogP contribution in [0, 0.1) is 18.6 Å². The van der Waals surface area contributed by atoms with Crippen molar-refractivity contribution in [3.05, 3.63) is 55.7 Å². The highest BCUT2D eigenvalue weighted by molar-refractivity contribution is 9.10. The van der Waals surface area contributed by atoms with Crippen LogP contribution in [0.15, 0.2) is 28.1 Å². The lowest BCUT2D eigenvalue weighted by molar-refractivity contribution is 0.544. The molecule has 1 atom stereocenters. The summed E-state index contributed by atoms with van der Waals surface area (Å²) in [5, 5.41) is 5.13. The molecule has 1 heterocycles. The van der Waals surface area contributed by atoms with Gasteiger partial charge < -0.3 is 5.32 Å². The quantitative estimate of drug-likeness (QED) is 0.839. The van der Waals surface area contributed by atoms with E-state index in [4.69, 9.17) is 0 Å². The van der Waals surface area contributed by atoms with Crippen molar-refractivity contribution in [2.24, 2.45) is 0 Å². The van der Waals surface area contributed by atoms with E-state index in [2.05, 4.69) is 21.2 Å². The zero-order valence-electron chi connectivity index (χ0n) is 10.6. The van der Waals surface area contributed by atoms with Crippen LogP contribution in [-0.2, 0) is 0 Å². The lowest BCUT2D eigenvalue weighted by Gasteiger charge is -2.19. The second-order valence-electron chi connectivity index (χ2n) is 4.25. The van der Waals surface area contributed by atoms with Gasteiger partial charge in [0.05, 0.1) is 6.04 Å². The monoisotopic (exact) mass is 345 g/mol. The third-order valence-electron chi connectivity index (χ3n) is 2.90. The molecule has 0 bridgehead atoms. The van der Waals surface area contributed by atoms with Crippen molar-refractivity contribution in [1.82, 2.24) is 5.32 Å². The van der Waals surface area contributed by atoms with Crippen molar-refractivity contribution >= 4 is 27.3 Å². The first kappa shape index (κ1) is 14.6. The standard InChI is InChI=1S/C14H14BrF2NS/c1-3-18-13(14-10(15)4-5-19-14)9-7-11(16)8(2)6-12(9)17/h4-7,13,18H,3H2,1-2H3. The molecular weight excluding hydrogens is 332 g/mol. The van der Waals surface area contributed by atoms with Gasteiger partial charge in [-0.1, -0.05) is 6.92 Å². The van der Waals surface area contributed by atoms with E-state index < -0.39 is 0 Å². The minimum Gasteiger partial charge on any atom is -0.306 e. The van der Waals surface area contributed by atoms with Crippen molar-refractivity contribution in [1.29, 1.82) is 0 Å². The summed E-state index contributed by atoms with van der Waals surface area (Å²) in [6, 6.07) is 4.10. The predicted molar refractivity (Wildman–Crippen MR) is 78.6 cm³/mol. The van der Waals surface area contributed by atoms with Gasteiger partial charge in [-0.3, -0.25) is 0 Å². The number of rotatable bonds is 4. The Balaban J connectivity index is 2.51. The van der Waals surface area contributed by atoms with Crippen LogP contribution in [0.5, 0.6) is 0 Å². The molecule has 0 saturated heterocycles. The smallest absolute Gasteiger partial charge is 0.128 e. The molecule has 0 aliphatic carbocycles. The van der Waals surface area contributed by atoms with Crippen molar-refractivity contribution in [3.8, 4) is 0 Å². The normalized spacial score (nSPS) is 12.7. The molecule has 2 aromatic rings. The molecule has 0 aliphatic rings. The molecule has 0 fully saturated rings. The van der Waals surface area contributed by atoms with Crippen LogP contribution in [-0.4, -0.2) is 6.54 Å². The minimum atomic E-state index is -0.384. The number of thiophene rings is 1. The number of hydrogen-bond donors (Lipinski definition) is 1. The van der Waals surface area contributed by atoms with Gasteiger partial charge in [-0.15, -0.1) is 11.3 Å². The van der Waals surface area contributed by atoms with Crippen molar-refractivity contribution < 1.29 is 8.78 Å². The molecule has 0 saturated carbocycles. The molecule has 1 unspecified atom stereocenters. The maximum absolute atomic E-state index is 14.1. The van der Waals surface area contributed by atoms with E-state index in [0.29, 0.717) is 17.7 Å². The van der Waals surface area contributed by atoms with Gasteiger partial charge >= 0.3 is 0 Å². The van der Waals surface area contributed by atoms with Gasteiger partial charge in [-0.05, 0) is 58.5 Å². The van der Waals surface area contributed by atoms with Crippen LogP contribution < -0.4 is 5.32 Å². The first-order chi connectivity index (χ1) is 9.04. The van der Waals surface area contributed by atoms with Gasteiger partial charge in [0.15, 0.2) is 0 Å². The molecular formula is C14H14BrF2NS. The second-order valence-corrected chi connectivity index (χ2v) is 6.05. The summed E-state index contributed by atoms with van der Waals surface area (Å²) in [6.07, 6.45) is 0. The summed E-state index contributed by atoms with van der Waals surface area (Å²) in [5.74, 6) is -0.767. The Kier molecular flexibility index (Phi) is 4.71. The van der Waals surface area contributed by atoms with Crippen molar-refractivity contribution in [2.75, 3.05) is 6.54 Å². The summed E-state index contributed by atoms with van der Waals surface area (Å²) in [6.45, 7) is 4.17. The van der Waals surface area contributed by atoms with Crippen LogP contribution in [0.4, 0.5) is 8.78 Å². The molecule has 0 aliphatic heterocycles. The zero-order chi connectivity index (χ0) is 14.0. The van der Waals surface area contributed by atoms with Gasteiger partial charge in [-0.2, -0.15) is 0 Å². The van der Waals surface area contributed by atoms with E-state index in [1.165, 1.54) is 23.5 Å². The highest BCUT2D eigenvalue weighted by Gasteiger charge is 2.21. The molecule has 1 N–H and O–H groups in total. The van der Waals surface area contributed by atoms with Gasteiger partial charge in [0.1, 0.15) is 11.6 Å². The van der Waals surface area contributed by atoms with Crippen LogP contribution >= 0.6 is 27.3 Å². The van der Waals surface area contributed by atoms with Gasteiger partial charge in [0.2, 0.25) is 0 Å². The summed E-state index contributed by atoms with van der Waals surface area (Å²) in [5.41, 5.74) is 0.662. The Morgan fingerprint density at radius 1 is 1.32 bits per heavy atom. The fraction of sp³-hybridized carbons (Fsp3) is 0.286. The molecule has 0 spiro atoms. The molecule has 0 radical (unpaired) electrons. The SMILES string of the molecule is CCNC(c1cc(F)c(C)cc1F)c1sccc1Br. The third-order valence-corrected chi connectivity index (χ3v) is 4.84. The van der Waals surface area contributed by atoms with Gasteiger partial charge in [0, 0.05) is 14.9 Å². The molecule has 0 amide bonds. The average Bonchev–Trinajstić information content (AvgIpc) is 2.77. The van der Waals surface area contributed by atoms with Crippen LogP contribution in [0.3, 0.4) is 0 Å². The van der Waals surface area contributed by atoms with Crippen LogP contribution in [0.2, 0.25) is 0 Å². The minimum absolute atomic E-state index is 0.321. The molecule has 2 rings (SSSR count). The topological polar surface area (TPSA) is 12.0 Å². The summed E-state index contributed by atoms with van der Waals surface area (Å²) in [7, 11) is 0. The van der Waals surface area contributed by atoms with E-state index in [1.54, 1.807) is 6.92 Å². The fourth-order valence-corrected chi connectivity index (χ4v) is 3.64. The number of nitrogens with one attached hydrogen (secondary N) is 1.